The summed E-state index contributed by atoms with van der Waals surface area (Å²) in [5, 5.41) is 9.05. The summed E-state index contributed by atoms with van der Waals surface area (Å²) in [6, 6.07) is 8.74. The summed E-state index contributed by atoms with van der Waals surface area (Å²) in [6.07, 6.45) is 4.34. The highest BCUT2D eigenvalue weighted by Gasteiger charge is 2.26. The van der Waals surface area contributed by atoms with Gasteiger partial charge in [-0.3, -0.25) is 9.69 Å². The van der Waals surface area contributed by atoms with Crippen LogP contribution in [0.4, 0.5) is 0 Å². The van der Waals surface area contributed by atoms with Gasteiger partial charge in [0.25, 0.3) is 0 Å². The van der Waals surface area contributed by atoms with Gasteiger partial charge in [-0.15, -0.1) is 0 Å². The zero-order valence-corrected chi connectivity index (χ0v) is 10.9. The van der Waals surface area contributed by atoms with E-state index in [1.54, 1.807) is 0 Å². The molecule has 0 saturated heterocycles. The van der Waals surface area contributed by atoms with Gasteiger partial charge >= 0.3 is 5.97 Å². The van der Waals surface area contributed by atoms with Crippen molar-refractivity contribution in [1.29, 1.82) is 0 Å². The third kappa shape index (κ3) is 2.91. The number of carboxylic acids is 1. The second kappa shape index (κ2) is 6.01. The summed E-state index contributed by atoms with van der Waals surface area (Å²) in [7, 11) is 0. The summed E-state index contributed by atoms with van der Waals surface area (Å²) in [6.45, 7) is 3.10. The average Bonchev–Trinajstić information content (AvgIpc) is 2.37. The monoisotopic (exact) mass is 247 g/mol. The van der Waals surface area contributed by atoms with Crippen LogP contribution in [-0.2, 0) is 11.2 Å². The zero-order valence-electron chi connectivity index (χ0n) is 10.9. The van der Waals surface area contributed by atoms with Crippen molar-refractivity contribution in [2.45, 2.75) is 38.6 Å². The van der Waals surface area contributed by atoms with Gasteiger partial charge in [0.2, 0.25) is 0 Å². The maximum absolute atomic E-state index is 11.0. The summed E-state index contributed by atoms with van der Waals surface area (Å²) >= 11 is 0. The summed E-state index contributed by atoms with van der Waals surface area (Å²) in [5.74, 6) is -0.730. The number of carboxylic acid groups (broad SMARTS) is 1. The molecule has 2 rings (SSSR count). The smallest absolute Gasteiger partial charge is 0.317 e. The Balaban J connectivity index is 2.23. The highest BCUT2D eigenvalue weighted by Crippen LogP contribution is 2.34. The molecule has 0 bridgehead atoms. The van der Waals surface area contributed by atoms with E-state index in [1.165, 1.54) is 11.1 Å². The van der Waals surface area contributed by atoms with Gasteiger partial charge in [0.15, 0.2) is 0 Å². The second-order valence-electron chi connectivity index (χ2n) is 4.97. The zero-order chi connectivity index (χ0) is 13.0. The summed E-state index contributed by atoms with van der Waals surface area (Å²) in [4.78, 5) is 13.1. The molecule has 0 aliphatic heterocycles. The minimum absolute atomic E-state index is 0.146. The van der Waals surface area contributed by atoms with Gasteiger partial charge in [0.05, 0.1) is 6.54 Å². The fourth-order valence-corrected chi connectivity index (χ4v) is 2.91. The van der Waals surface area contributed by atoms with Crippen LogP contribution in [0.3, 0.4) is 0 Å². The molecule has 1 aliphatic carbocycles. The molecule has 0 saturated carbocycles. The predicted octanol–water partition coefficient (Wildman–Crippen LogP) is 2.86. The van der Waals surface area contributed by atoms with E-state index in [1.807, 2.05) is 0 Å². The number of rotatable bonds is 5. The highest BCUT2D eigenvalue weighted by atomic mass is 16.4. The minimum atomic E-state index is -0.730. The molecule has 98 valence electrons. The van der Waals surface area contributed by atoms with Crippen molar-refractivity contribution < 1.29 is 9.90 Å². The molecule has 1 unspecified atom stereocenters. The number of hydrogen-bond acceptors (Lipinski definition) is 2. The van der Waals surface area contributed by atoms with Crippen molar-refractivity contribution in [2.24, 2.45) is 0 Å². The molecular formula is C15H21NO2. The maximum Gasteiger partial charge on any atom is 0.317 e. The van der Waals surface area contributed by atoms with Crippen molar-refractivity contribution in [3.63, 3.8) is 0 Å². The van der Waals surface area contributed by atoms with Crippen LogP contribution in [0, 0.1) is 0 Å². The van der Waals surface area contributed by atoms with E-state index < -0.39 is 5.97 Å². The Labute approximate surface area is 108 Å². The standard InChI is InChI=1S/C15H21NO2/c1-2-10-16(11-15(17)18)14-9-5-7-12-6-3-4-8-13(12)14/h3-4,6,8,14H,2,5,7,9-11H2,1H3,(H,17,18). The second-order valence-corrected chi connectivity index (χ2v) is 4.97. The SMILES string of the molecule is CCCN(CC(=O)O)C1CCCc2ccccc21. The maximum atomic E-state index is 11.0. The molecule has 1 aliphatic rings. The molecule has 1 aromatic rings. The van der Waals surface area contributed by atoms with Gasteiger partial charge in [-0.05, 0) is 43.4 Å². The number of aliphatic carboxylic acids is 1. The van der Waals surface area contributed by atoms with Crippen LogP contribution in [0.5, 0.6) is 0 Å². The summed E-state index contributed by atoms with van der Waals surface area (Å²) in [5.41, 5.74) is 2.72. The first kappa shape index (κ1) is 13.1. The first-order valence-corrected chi connectivity index (χ1v) is 6.76. The minimum Gasteiger partial charge on any atom is -0.480 e. The largest absolute Gasteiger partial charge is 0.480 e. The van der Waals surface area contributed by atoms with E-state index in [0.717, 1.165) is 32.2 Å². The van der Waals surface area contributed by atoms with Crippen LogP contribution in [0.15, 0.2) is 24.3 Å². The lowest BCUT2D eigenvalue weighted by atomic mass is 9.86. The molecule has 1 N–H and O–H groups in total. The quantitative estimate of drug-likeness (QED) is 0.869. The lowest BCUT2D eigenvalue weighted by Gasteiger charge is -2.34. The van der Waals surface area contributed by atoms with Gasteiger partial charge in [-0.2, -0.15) is 0 Å². The van der Waals surface area contributed by atoms with Crippen LogP contribution < -0.4 is 0 Å². The average molecular weight is 247 g/mol. The molecule has 0 spiro atoms. The molecule has 3 nitrogen and oxygen atoms in total. The first-order valence-electron chi connectivity index (χ1n) is 6.76. The molecule has 3 heteroatoms. The van der Waals surface area contributed by atoms with Crippen molar-refractivity contribution in [2.75, 3.05) is 13.1 Å². The van der Waals surface area contributed by atoms with E-state index >= 15 is 0 Å². The Bertz CT molecular complexity index is 417. The lowest BCUT2D eigenvalue weighted by molar-refractivity contribution is -0.139. The van der Waals surface area contributed by atoms with Crippen molar-refractivity contribution >= 4 is 5.97 Å². The molecule has 0 aromatic heterocycles. The Hall–Kier alpha value is -1.35. The number of benzene rings is 1. The molecule has 1 aromatic carbocycles. The van der Waals surface area contributed by atoms with Crippen molar-refractivity contribution in [3.05, 3.63) is 35.4 Å². The topological polar surface area (TPSA) is 40.5 Å². The Kier molecular flexibility index (Phi) is 4.37. The number of fused-ring (bicyclic) bond motifs is 1. The fourth-order valence-electron chi connectivity index (χ4n) is 2.91. The Morgan fingerprint density at radius 1 is 1.44 bits per heavy atom. The Morgan fingerprint density at radius 3 is 2.94 bits per heavy atom. The van der Waals surface area contributed by atoms with Crippen molar-refractivity contribution in [1.82, 2.24) is 4.90 Å². The van der Waals surface area contributed by atoms with E-state index in [0.29, 0.717) is 0 Å². The Morgan fingerprint density at radius 2 is 2.22 bits per heavy atom. The van der Waals surface area contributed by atoms with E-state index in [2.05, 4.69) is 36.1 Å². The molecule has 18 heavy (non-hydrogen) atoms. The molecule has 0 amide bonds. The van der Waals surface area contributed by atoms with Crippen molar-refractivity contribution in [3.8, 4) is 0 Å². The molecule has 0 heterocycles. The van der Waals surface area contributed by atoms with Crippen LogP contribution >= 0.6 is 0 Å². The fraction of sp³-hybridized carbons (Fsp3) is 0.533. The third-order valence-electron chi connectivity index (χ3n) is 3.63. The lowest BCUT2D eigenvalue weighted by Crippen LogP contribution is -2.36. The van der Waals surface area contributed by atoms with Gasteiger partial charge < -0.3 is 5.11 Å². The molecule has 0 fully saturated rings. The summed E-state index contributed by atoms with van der Waals surface area (Å²) < 4.78 is 0. The predicted molar refractivity (Wildman–Crippen MR) is 71.6 cm³/mol. The number of carbonyl (C=O) groups is 1. The first-order chi connectivity index (χ1) is 8.72. The highest BCUT2D eigenvalue weighted by molar-refractivity contribution is 5.69. The number of nitrogens with zero attached hydrogens (tertiary/aromatic N) is 1. The van der Waals surface area contributed by atoms with Gasteiger partial charge in [-0.1, -0.05) is 31.2 Å². The van der Waals surface area contributed by atoms with Crippen LogP contribution in [0.25, 0.3) is 0 Å². The molecule has 0 radical (unpaired) electrons. The van der Waals surface area contributed by atoms with E-state index in [-0.39, 0.29) is 12.6 Å². The number of hydrogen-bond donors (Lipinski definition) is 1. The van der Waals surface area contributed by atoms with Crippen LogP contribution in [0.1, 0.15) is 43.4 Å². The van der Waals surface area contributed by atoms with Gasteiger partial charge in [-0.25, -0.2) is 0 Å². The third-order valence-corrected chi connectivity index (χ3v) is 3.63. The van der Waals surface area contributed by atoms with Gasteiger partial charge in [0.1, 0.15) is 0 Å². The normalized spacial score (nSPS) is 18.7. The van der Waals surface area contributed by atoms with Gasteiger partial charge in [0, 0.05) is 6.04 Å². The molecular weight excluding hydrogens is 226 g/mol. The van der Waals surface area contributed by atoms with Crippen LogP contribution in [-0.4, -0.2) is 29.1 Å². The van der Waals surface area contributed by atoms with E-state index in [4.69, 9.17) is 5.11 Å². The van der Waals surface area contributed by atoms with Crippen LogP contribution in [0.2, 0.25) is 0 Å². The number of aryl methyl sites for hydroxylation is 1. The van der Waals surface area contributed by atoms with E-state index in [9.17, 15) is 4.79 Å². The molecule has 1 atom stereocenters.